The third-order valence-electron chi connectivity index (χ3n) is 4.86. The Labute approximate surface area is 176 Å². The van der Waals surface area contributed by atoms with E-state index < -0.39 is 0 Å². The lowest BCUT2D eigenvalue weighted by Crippen LogP contribution is -2.48. The minimum Gasteiger partial charge on any atom is -0.493 e. The van der Waals surface area contributed by atoms with Crippen molar-refractivity contribution < 1.29 is 19.1 Å². The van der Waals surface area contributed by atoms with E-state index in [1.807, 2.05) is 18.2 Å². The number of carbonyl (C=O) groups excluding carboxylic acids is 2. The van der Waals surface area contributed by atoms with Crippen LogP contribution in [0.25, 0.3) is 6.08 Å². The second kappa shape index (κ2) is 10.2. The number of benzene rings is 1. The van der Waals surface area contributed by atoms with Gasteiger partial charge in [-0.3, -0.25) is 14.6 Å². The van der Waals surface area contributed by atoms with Crippen molar-refractivity contribution in [2.75, 3.05) is 45.3 Å². The van der Waals surface area contributed by atoms with E-state index in [1.165, 1.54) is 18.2 Å². The van der Waals surface area contributed by atoms with Crippen LogP contribution in [0.4, 0.5) is 5.69 Å². The summed E-state index contributed by atoms with van der Waals surface area (Å²) in [6.45, 7) is 2.72. The Morgan fingerprint density at radius 2 is 1.60 bits per heavy atom. The number of pyridine rings is 1. The molecule has 1 fully saturated rings. The molecule has 30 heavy (non-hydrogen) atoms. The van der Waals surface area contributed by atoms with Gasteiger partial charge in [0.1, 0.15) is 0 Å². The van der Waals surface area contributed by atoms with Gasteiger partial charge in [0.15, 0.2) is 17.3 Å². The van der Waals surface area contributed by atoms with Crippen molar-refractivity contribution >= 4 is 23.5 Å². The summed E-state index contributed by atoms with van der Waals surface area (Å²) in [5.41, 5.74) is 1.90. The number of carbonyl (C=O) groups is 2. The van der Waals surface area contributed by atoms with Gasteiger partial charge in [0, 0.05) is 50.3 Å². The molecule has 0 saturated carbocycles. The zero-order chi connectivity index (χ0) is 21.3. The van der Waals surface area contributed by atoms with Gasteiger partial charge in [-0.15, -0.1) is 0 Å². The first-order valence-electron chi connectivity index (χ1n) is 9.66. The minimum absolute atomic E-state index is 0.155. The number of hydrogen-bond donors (Lipinski definition) is 0. The van der Waals surface area contributed by atoms with Gasteiger partial charge in [0.2, 0.25) is 5.91 Å². The van der Waals surface area contributed by atoms with Crippen LogP contribution in [-0.4, -0.2) is 62.0 Å². The summed E-state index contributed by atoms with van der Waals surface area (Å²) in [6.07, 6.45) is 9.25. The van der Waals surface area contributed by atoms with E-state index in [0.717, 1.165) is 24.3 Å². The molecule has 1 saturated heterocycles. The normalized spacial score (nSPS) is 14.3. The van der Waals surface area contributed by atoms with Gasteiger partial charge in [0.05, 0.1) is 14.2 Å². The molecular formula is C23H25N3O4. The smallest absolute Gasteiger partial charge is 0.246 e. The summed E-state index contributed by atoms with van der Waals surface area (Å²) in [6, 6.07) is 9.29. The summed E-state index contributed by atoms with van der Waals surface area (Å²) in [5.74, 6) is 0.796. The molecule has 1 aliphatic heterocycles. The summed E-state index contributed by atoms with van der Waals surface area (Å²) in [4.78, 5) is 32.5. The number of anilines is 1. The van der Waals surface area contributed by atoms with Crippen LogP contribution in [0, 0.1) is 0 Å². The Hall–Kier alpha value is -3.61. The SMILES string of the molecule is COc1ccc(/C=C/C(=O)/C=C/C(=O)N2CCN(c3ccncc3)CC2)cc1OC. The number of amides is 1. The fraction of sp³-hybridized carbons (Fsp3) is 0.261. The highest BCUT2D eigenvalue weighted by molar-refractivity contribution is 6.05. The van der Waals surface area contributed by atoms with E-state index in [4.69, 9.17) is 9.47 Å². The maximum absolute atomic E-state index is 12.4. The van der Waals surface area contributed by atoms with Crippen molar-refractivity contribution in [3.05, 3.63) is 66.5 Å². The van der Waals surface area contributed by atoms with Gasteiger partial charge in [-0.25, -0.2) is 0 Å². The Morgan fingerprint density at radius 3 is 2.27 bits per heavy atom. The van der Waals surface area contributed by atoms with Crippen LogP contribution in [0.15, 0.2) is 61.0 Å². The molecule has 0 aliphatic carbocycles. The largest absolute Gasteiger partial charge is 0.493 e. The third-order valence-corrected chi connectivity index (χ3v) is 4.86. The molecule has 7 heteroatoms. The molecule has 3 rings (SSSR count). The van der Waals surface area contributed by atoms with E-state index >= 15 is 0 Å². The number of rotatable bonds is 7. The van der Waals surface area contributed by atoms with Crippen LogP contribution >= 0.6 is 0 Å². The Morgan fingerprint density at radius 1 is 0.900 bits per heavy atom. The summed E-state index contributed by atoms with van der Waals surface area (Å²) in [7, 11) is 3.12. The number of allylic oxidation sites excluding steroid dienone is 2. The molecule has 156 valence electrons. The Bertz CT molecular complexity index is 933. The molecular weight excluding hydrogens is 382 g/mol. The van der Waals surface area contributed by atoms with Crippen molar-refractivity contribution in [3.63, 3.8) is 0 Å². The van der Waals surface area contributed by atoms with Crippen LogP contribution in [0.1, 0.15) is 5.56 Å². The molecule has 1 aromatic carbocycles. The maximum atomic E-state index is 12.4. The Kier molecular flexibility index (Phi) is 7.21. The Balaban J connectivity index is 1.51. The van der Waals surface area contributed by atoms with Crippen LogP contribution in [0.3, 0.4) is 0 Å². The molecule has 2 heterocycles. The van der Waals surface area contributed by atoms with Crippen molar-refractivity contribution in [3.8, 4) is 11.5 Å². The van der Waals surface area contributed by atoms with E-state index in [2.05, 4.69) is 9.88 Å². The van der Waals surface area contributed by atoms with Gasteiger partial charge in [0.25, 0.3) is 0 Å². The van der Waals surface area contributed by atoms with Gasteiger partial charge in [-0.1, -0.05) is 12.1 Å². The van der Waals surface area contributed by atoms with E-state index in [0.29, 0.717) is 24.6 Å². The second-order valence-corrected chi connectivity index (χ2v) is 6.70. The lowest BCUT2D eigenvalue weighted by atomic mass is 10.1. The maximum Gasteiger partial charge on any atom is 0.246 e. The second-order valence-electron chi connectivity index (χ2n) is 6.70. The molecule has 0 spiro atoms. The molecule has 1 aromatic heterocycles. The van der Waals surface area contributed by atoms with Gasteiger partial charge >= 0.3 is 0 Å². The van der Waals surface area contributed by atoms with Crippen molar-refractivity contribution in [1.29, 1.82) is 0 Å². The third kappa shape index (κ3) is 5.47. The molecule has 1 amide bonds. The molecule has 0 N–H and O–H groups in total. The predicted octanol–water partition coefficient (Wildman–Crippen LogP) is 2.59. The summed E-state index contributed by atoms with van der Waals surface area (Å²) in [5, 5.41) is 0. The lowest BCUT2D eigenvalue weighted by molar-refractivity contribution is -0.126. The molecule has 0 atom stereocenters. The number of methoxy groups -OCH3 is 2. The molecule has 0 unspecified atom stereocenters. The number of ketones is 1. The molecule has 7 nitrogen and oxygen atoms in total. The van der Waals surface area contributed by atoms with Gasteiger partial charge in [-0.2, -0.15) is 0 Å². The van der Waals surface area contributed by atoms with Crippen LogP contribution in [0.2, 0.25) is 0 Å². The zero-order valence-electron chi connectivity index (χ0n) is 17.2. The molecule has 0 bridgehead atoms. The average Bonchev–Trinajstić information content (AvgIpc) is 2.81. The van der Waals surface area contributed by atoms with Gasteiger partial charge in [-0.05, 0) is 42.0 Å². The quantitative estimate of drug-likeness (QED) is 0.657. The molecule has 2 aromatic rings. The van der Waals surface area contributed by atoms with Crippen molar-refractivity contribution in [2.45, 2.75) is 0 Å². The topological polar surface area (TPSA) is 72.0 Å². The predicted molar refractivity (Wildman–Crippen MR) is 116 cm³/mol. The highest BCUT2D eigenvalue weighted by Crippen LogP contribution is 2.27. The summed E-state index contributed by atoms with van der Waals surface area (Å²) >= 11 is 0. The number of hydrogen-bond acceptors (Lipinski definition) is 6. The van der Waals surface area contributed by atoms with Crippen molar-refractivity contribution in [1.82, 2.24) is 9.88 Å². The number of aromatic nitrogens is 1. The van der Waals surface area contributed by atoms with Crippen LogP contribution in [-0.2, 0) is 9.59 Å². The zero-order valence-corrected chi connectivity index (χ0v) is 17.2. The van der Waals surface area contributed by atoms with Crippen LogP contribution in [0.5, 0.6) is 11.5 Å². The van der Waals surface area contributed by atoms with Crippen LogP contribution < -0.4 is 14.4 Å². The number of piperazine rings is 1. The first-order chi connectivity index (χ1) is 14.6. The minimum atomic E-state index is -0.256. The molecule has 0 radical (unpaired) electrons. The molecule has 1 aliphatic rings. The van der Waals surface area contributed by atoms with E-state index in [9.17, 15) is 9.59 Å². The summed E-state index contributed by atoms with van der Waals surface area (Å²) < 4.78 is 10.4. The highest BCUT2D eigenvalue weighted by atomic mass is 16.5. The number of nitrogens with zero attached hydrogens (tertiary/aromatic N) is 3. The first-order valence-corrected chi connectivity index (χ1v) is 9.66. The van der Waals surface area contributed by atoms with Gasteiger partial charge < -0.3 is 19.3 Å². The number of ether oxygens (including phenoxy) is 2. The highest BCUT2D eigenvalue weighted by Gasteiger charge is 2.19. The average molecular weight is 407 g/mol. The lowest BCUT2D eigenvalue weighted by Gasteiger charge is -2.35. The monoisotopic (exact) mass is 407 g/mol. The first kappa shape index (κ1) is 21.1. The standard InChI is InChI=1S/C23H25N3O4/c1-29-21-7-4-18(17-22(21)30-2)3-5-20(27)6-8-23(28)26-15-13-25(14-16-26)19-9-11-24-12-10-19/h3-12,17H,13-16H2,1-2H3/b5-3+,8-6+. The van der Waals surface area contributed by atoms with Crippen molar-refractivity contribution in [2.24, 2.45) is 0 Å². The fourth-order valence-electron chi connectivity index (χ4n) is 3.19. The fourth-order valence-corrected chi connectivity index (χ4v) is 3.19. The van der Waals surface area contributed by atoms with E-state index in [1.54, 1.807) is 49.7 Å². The van der Waals surface area contributed by atoms with E-state index in [-0.39, 0.29) is 11.7 Å².